The Balaban J connectivity index is 2.01. The minimum absolute atomic E-state index is 0.0270. The van der Waals surface area contributed by atoms with E-state index in [1.165, 1.54) is 0 Å². The predicted molar refractivity (Wildman–Crippen MR) is 93.7 cm³/mol. The summed E-state index contributed by atoms with van der Waals surface area (Å²) in [5.74, 6) is -0.776. The number of hydrogen-bond acceptors (Lipinski definition) is 4. The van der Waals surface area contributed by atoms with Crippen LogP contribution < -0.4 is 5.48 Å². The van der Waals surface area contributed by atoms with Gasteiger partial charge in [0.05, 0.1) is 0 Å². The molecule has 4 nitrogen and oxygen atoms in total. The Morgan fingerprint density at radius 3 is 2.07 bits per heavy atom. The Morgan fingerprint density at radius 1 is 1.00 bits per heavy atom. The first-order chi connectivity index (χ1) is 12.9. The van der Waals surface area contributed by atoms with E-state index in [4.69, 9.17) is 9.94 Å². The lowest BCUT2D eigenvalue weighted by Gasteiger charge is -2.29. The van der Waals surface area contributed by atoms with E-state index in [1.54, 1.807) is 29.7 Å². The van der Waals surface area contributed by atoms with Crippen LogP contribution in [0.5, 0.6) is 0 Å². The highest BCUT2D eigenvalue weighted by molar-refractivity contribution is 5.97. The van der Waals surface area contributed by atoms with E-state index in [0.717, 1.165) is 11.1 Å². The number of rotatable bonds is 7. The van der Waals surface area contributed by atoms with E-state index < -0.39 is 24.1 Å². The Kier molecular flexibility index (Phi) is 5.53. The first-order valence-corrected chi connectivity index (χ1v) is 8.71. The van der Waals surface area contributed by atoms with Crippen LogP contribution in [-0.2, 0) is 15.0 Å². The van der Waals surface area contributed by atoms with Crippen molar-refractivity contribution in [2.45, 2.75) is 30.9 Å². The lowest BCUT2D eigenvalue weighted by Crippen LogP contribution is -2.42. The number of hydroxylamine groups is 1. The van der Waals surface area contributed by atoms with E-state index in [-0.39, 0.29) is 6.61 Å². The summed E-state index contributed by atoms with van der Waals surface area (Å²) in [7, 11) is 0. The second-order valence-corrected chi connectivity index (χ2v) is 6.50. The second-order valence-electron chi connectivity index (χ2n) is 6.50. The van der Waals surface area contributed by atoms with E-state index >= 15 is 0 Å². The molecule has 2 aromatic carbocycles. The number of unbranched alkanes of at least 4 members (excludes halogenated alkanes) is 1. The molecule has 0 spiro atoms. The number of benzene rings is 2. The van der Waals surface area contributed by atoms with Crippen LogP contribution in [0.2, 0.25) is 0 Å². The van der Waals surface area contributed by atoms with Gasteiger partial charge in [-0.15, -0.1) is 5.48 Å². The van der Waals surface area contributed by atoms with Crippen LogP contribution in [0.25, 0.3) is 11.1 Å². The summed E-state index contributed by atoms with van der Waals surface area (Å²) in [5.41, 5.74) is 3.70. The molecular formula is C20H20F3NO3. The van der Waals surface area contributed by atoms with Gasteiger partial charge in [-0.1, -0.05) is 48.5 Å². The smallest absolute Gasteiger partial charge is 0.396 e. The molecule has 0 unspecified atom stereocenters. The zero-order chi connectivity index (χ0) is 19.5. The number of carbonyl (C=O) groups excluding carboxylic acids is 1. The largest absolute Gasteiger partial charge is 0.404 e. The van der Waals surface area contributed by atoms with Crippen LogP contribution in [0.4, 0.5) is 13.2 Å². The van der Waals surface area contributed by atoms with Gasteiger partial charge in [-0.25, -0.2) is 4.79 Å². The predicted octanol–water partition coefficient (Wildman–Crippen LogP) is 3.73. The normalized spacial score (nSPS) is 14.5. The summed E-state index contributed by atoms with van der Waals surface area (Å²) in [6.45, 7) is -1.45. The lowest BCUT2D eigenvalue weighted by atomic mass is 9.74. The number of alkyl halides is 3. The maximum absolute atomic E-state index is 13.1. The maximum Gasteiger partial charge on any atom is 0.404 e. The summed E-state index contributed by atoms with van der Waals surface area (Å²) in [4.78, 5) is 17.9. The van der Waals surface area contributed by atoms with Crippen molar-refractivity contribution in [1.29, 1.82) is 0 Å². The fourth-order valence-electron chi connectivity index (χ4n) is 3.69. The molecule has 0 saturated heterocycles. The highest BCUT2D eigenvalue weighted by Gasteiger charge is 2.50. The van der Waals surface area contributed by atoms with Gasteiger partial charge >= 0.3 is 12.1 Å². The van der Waals surface area contributed by atoms with Crippen molar-refractivity contribution in [2.75, 3.05) is 13.2 Å². The molecule has 0 heterocycles. The van der Waals surface area contributed by atoms with Gasteiger partial charge in [-0.2, -0.15) is 13.2 Å². The molecule has 7 heteroatoms. The molecule has 1 aliphatic carbocycles. The molecular weight excluding hydrogens is 359 g/mol. The van der Waals surface area contributed by atoms with E-state index in [9.17, 15) is 18.0 Å². The van der Waals surface area contributed by atoms with Crippen molar-refractivity contribution < 1.29 is 27.9 Å². The molecule has 0 aliphatic heterocycles. The highest BCUT2D eigenvalue weighted by Crippen LogP contribution is 2.51. The number of aliphatic hydroxyl groups excluding tert-OH is 1. The van der Waals surface area contributed by atoms with Crippen molar-refractivity contribution in [3.8, 4) is 11.1 Å². The van der Waals surface area contributed by atoms with Gasteiger partial charge in [-0.3, -0.25) is 0 Å². The third-order valence-corrected chi connectivity index (χ3v) is 4.81. The van der Waals surface area contributed by atoms with Crippen molar-refractivity contribution in [1.82, 2.24) is 5.48 Å². The van der Waals surface area contributed by atoms with Crippen LogP contribution >= 0.6 is 0 Å². The SMILES string of the molecule is O=C(ONCC(F)(F)F)C1(CCCCO)c2ccccc2-c2ccccc21. The highest BCUT2D eigenvalue weighted by atomic mass is 19.4. The quantitative estimate of drug-likeness (QED) is 0.569. The molecule has 0 amide bonds. The summed E-state index contributed by atoms with van der Waals surface area (Å²) in [5, 5.41) is 9.13. The molecule has 0 aromatic heterocycles. The second kappa shape index (κ2) is 7.70. The molecule has 0 radical (unpaired) electrons. The van der Waals surface area contributed by atoms with E-state index in [2.05, 4.69) is 0 Å². The summed E-state index contributed by atoms with van der Waals surface area (Å²) in [6.07, 6.45) is -3.16. The summed E-state index contributed by atoms with van der Waals surface area (Å²) >= 11 is 0. The number of nitrogens with one attached hydrogen (secondary N) is 1. The number of carbonyl (C=O) groups is 1. The van der Waals surface area contributed by atoms with Gasteiger partial charge in [0.15, 0.2) is 0 Å². The Labute approximate surface area is 154 Å². The van der Waals surface area contributed by atoms with Gasteiger partial charge in [0.2, 0.25) is 0 Å². The van der Waals surface area contributed by atoms with Gasteiger partial charge in [0.25, 0.3) is 0 Å². The lowest BCUT2D eigenvalue weighted by molar-refractivity contribution is -0.172. The minimum atomic E-state index is -4.49. The molecule has 3 rings (SSSR count). The fraction of sp³-hybridized carbons (Fsp3) is 0.350. The molecule has 2 aromatic rings. The molecule has 0 fully saturated rings. The molecule has 0 atom stereocenters. The Morgan fingerprint density at radius 2 is 1.56 bits per heavy atom. The van der Waals surface area contributed by atoms with Crippen molar-refractivity contribution in [3.63, 3.8) is 0 Å². The third-order valence-electron chi connectivity index (χ3n) is 4.81. The van der Waals surface area contributed by atoms with Crippen LogP contribution in [0.1, 0.15) is 30.4 Å². The average molecular weight is 379 g/mol. The van der Waals surface area contributed by atoms with Crippen molar-refractivity contribution in [3.05, 3.63) is 59.7 Å². The third kappa shape index (κ3) is 3.70. The first kappa shape index (κ1) is 19.4. The minimum Gasteiger partial charge on any atom is -0.396 e. The van der Waals surface area contributed by atoms with Gasteiger partial charge < -0.3 is 9.94 Å². The molecule has 144 valence electrons. The number of fused-ring (bicyclic) bond motifs is 3. The summed E-state index contributed by atoms with van der Waals surface area (Å²) in [6, 6.07) is 14.7. The standard InChI is InChI=1S/C20H20F3NO3/c21-20(22,23)13-24-27-18(26)19(11-5-6-12-25)16-9-3-1-7-14(16)15-8-2-4-10-17(15)19/h1-4,7-10,24-25H,5-6,11-13H2. The van der Waals surface area contributed by atoms with Crippen LogP contribution in [-0.4, -0.2) is 30.4 Å². The number of hydrogen-bond donors (Lipinski definition) is 2. The fourth-order valence-corrected chi connectivity index (χ4v) is 3.69. The maximum atomic E-state index is 13.1. The molecule has 27 heavy (non-hydrogen) atoms. The van der Waals surface area contributed by atoms with Crippen LogP contribution in [0.3, 0.4) is 0 Å². The topological polar surface area (TPSA) is 58.6 Å². The molecule has 0 saturated carbocycles. The number of aliphatic hydroxyl groups is 1. The van der Waals surface area contributed by atoms with Crippen molar-refractivity contribution in [2.24, 2.45) is 0 Å². The van der Waals surface area contributed by atoms with Gasteiger partial charge in [0.1, 0.15) is 12.0 Å². The Bertz CT molecular complexity index is 775. The number of halogens is 3. The van der Waals surface area contributed by atoms with Crippen LogP contribution in [0, 0.1) is 0 Å². The zero-order valence-electron chi connectivity index (χ0n) is 14.6. The van der Waals surface area contributed by atoms with Crippen LogP contribution in [0.15, 0.2) is 48.5 Å². The average Bonchev–Trinajstić information content (AvgIpc) is 2.93. The Hall–Kier alpha value is -2.38. The molecule has 0 bridgehead atoms. The van der Waals surface area contributed by atoms with E-state index in [1.807, 2.05) is 24.3 Å². The van der Waals surface area contributed by atoms with Gasteiger partial charge in [-0.05, 0) is 41.5 Å². The first-order valence-electron chi connectivity index (χ1n) is 8.71. The monoisotopic (exact) mass is 379 g/mol. The van der Waals surface area contributed by atoms with Crippen molar-refractivity contribution >= 4 is 5.97 Å². The molecule has 2 N–H and O–H groups in total. The zero-order valence-corrected chi connectivity index (χ0v) is 14.6. The summed E-state index contributed by atoms with van der Waals surface area (Å²) < 4.78 is 37.3. The van der Waals surface area contributed by atoms with E-state index in [0.29, 0.717) is 30.4 Å². The molecule has 1 aliphatic rings. The van der Waals surface area contributed by atoms with Gasteiger partial charge in [0, 0.05) is 6.61 Å².